The zero-order valence-corrected chi connectivity index (χ0v) is 10.3. The molecule has 6 nitrogen and oxygen atoms in total. The average Bonchev–Trinajstić information content (AvgIpc) is 2.33. The normalized spacial score (nSPS) is 13.2. The number of hydrogen-bond acceptors (Lipinski definition) is 5. The van der Waals surface area contributed by atoms with Gasteiger partial charge < -0.3 is 24.8 Å². The van der Waals surface area contributed by atoms with Gasteiger partial charge in [0.1, 0.15) is 6.10 Å². The highest BCUT2D eigenvalue weighted by atomic mass is 16.5. The summed E-state index contributed by atoms with van der Waals surface area (Å²) in [5.41, 5.74) is 0. The predicted molar refractivity (Wildman–Crippen MR) is 62.8 cm³/mol. The molecule has 0 saturated heterocycles. The fraction of sp³-hybridized carbons (Fsp3) is 0.727. The zero-order chi connectivity index (χ0) is 13.7. The monoisotopic (exact) mass is 250 g/mol. The van der Waals surface area contributed by atoms with Crippen molar-refractivity contribution in [2.75, 3.05) is 26.4 Å². The lowest BCUT2D eigenvalue weighted by atomic mass is 10.4. The van der Waals surface area contributed by atoms with E-state index in [0.29, 0.717) is 6.61 Å². The number of carboxylic acid groups (broad SMARTS) is 1. The molecule has 6 heteroatoms. The van der Waals surface area contributed by atoms with Crippen LogP contribution < -0.4 is 0 Å². The van der Waals surface area contributed by atoms with E-state index in [2.05, 4.69) is 6.58 Å². The maximum atomic E-state index is 9.25. The van der Waals surface area contributed by atoms with Crippen LogP contribution in [0.5, 0.6) is 0 Å². The molecule has 0 spiro atoms. The highest BCUT2D eigenvalue weighted by Gasteiger charge is 2.06. The van der Waals surface area contributed by atoms with Crippen molar-refractivity contribution in [3.05, 3.63) is 12.7 Å². The number of hydrogen-bond donors (Lipinski definition) is 3. The van der Waals surface area contributed by atoms with Gasteiger partial charge in [0.2, 0.25) is 0 Å². The first-order valence-electron chi connectivity index (χ1n) is 5.31. The van der Waals surface area contributed by atoms with Gasteiger partial charge in [-0.15, -0.1) is 0 Å². The van der Waals surface area contributed by atoms with Gasteiger partial charge in [-0.05, 0) is 13.8 Å². The molecule has 0 aromatic rings. The van der Waals surface area contributed by atoms with Crippen molar-refractivity contribution in [3.8, 4) is 0 Å². The van der Waals surface area contributed by atoms with E-state index < -0.39 is 12.1 Å². The van der Waals surface area contributed by atoms with Crippen LogP contribution in [0.1, 0.15) is 13.8 Å². The third kappa shape index (κ3) is 17.7. The van der Waals surface area contributed by atoms with Gasteiger partial charge in [0.05, 0.1) is 25.9 Å². The van der Waals surface area contributed by atoms with Gasteiger partial charge in [-0.2, -0.15) is 0 Å². The fourth-order valence-electron chi connectivity index (χ4n) is 0.630. The van der Waals surface area contributed by atoms with Gasteiger partial charge >= 0.3 is 5.97 Å². The van der Waals surface area contributed by atoms with Crippen molar-refractivity contribution in [2.45, 2.75) is 26.1 Å². The number of ether oxygens (including phenoxy) is 2. The summed E-state index contributed by atoms with van der Waals surface area (Å²) < 4.78 is 10.0. The molecule has 3 N–H and O–H groups in total. The molecule has 0 heterocycles. The molecule has 2 unspecified atom stereocenters. The van der Waals surface area contributed by atoms with Crippen molar-refractivity contribution in [1.29, 1.82) is 0 Å². The van der Waals surface area contributed by atoms with Crippen molar-refractivity contribution in [2.24, 2.45) is 0 Å². The Kier molecular flexibility index (Phi) is 14.2. The van der Waals surface area contributed by atoms with E-state index in [1.165, 1.54) is 0 Å². The first-order valence-corrected chi connectivity index (χ1v) is 5.31. The first kappa shape index (κ1) is 18.4. The lowest BCUT2D eigenvalue weighted by Gasteiger charge is -2.14. The molecule has 102 valence electrons. The number of aliphatic carboxylic acids is 1. The summed E-state index contributed by atoms with van der Waals surface area (Å²) in [5.74, 6) is -0.981. The van der Waals surface area contributed by atoms with Crippen LogP contribution in [-0.4, -0.2) is 59.9 Å². The van der Waals surface area contributed by atoms with Crippen LogP contribution in [0.3, 0.4) is 0 Å². The van der Waals surface area contributed by atoms with Gasteiger partial charge in [-0.25, -0.2) is 4.79 Å². The third-order valence-electron chi connectivity index (χ3n) is 1.52. The van der Waals surface area contributed by atoms with Gasteiger partial charge in [-0.3, -0.25) is 0 Å². The van der Waals surface area contributed by atoms with Crippen LogP contribution >= 0.6 is 0 Å². The Morgan fingerprint density at radius 2 is 2.00 bits per heavy atom. The second-order valence-corrected chi connectivity index (χ2v) is 3.18. The van der Waals surface area contributed by atoms with Gasteiger partial charge in [-0.1, -0.05) is 6.58 Å². The Balaban J connectivity index is 0. The summed E-state index contributed by atoms with van der Waals surface area (Å²) in [7, 11) is 0. The van der Waals surface area contributed by atoms with Crippen LogP contribution in [0, 0.1) is 0 Å². The SMILES string of the molecule is C=CC(=O)O.CCOCC(O)COC(C)CO. The summed E-state index contributed by atoms with van der Waals surface area (Å²) >= 11 is 0. The van der Waals surface area contributed by atoms with E-state index >= 15 is 0 Å². The molecular formula is C11H22O6. The quantitative estimate of drug-likeness (QED) is 0.526. The molecular weight excluding hydrogens is 228 g/mol. The van der Waals surface area contributed by atoms with Crippen LogP contribution in [0.4, 0.5) is 0 Å². The molecule has 0 fully saturated rings. The number of carboxylic acids is 1. The zero-order valence-electron chi connectivity index (χ0n) is 10.3. The standard InChI is InChI=1S/C8H18O4.C3H4O2/c1-3-11-5-8(10)6-12-7(2)4-9;1-2-3(4)5/h7-10H,3-6H2,1-2H3;2H,1H2,(H,4,5). The van der Waals surface area contributed by atoms with Crippen molar-refractivity contribution >= 4 is 5.97 Å². The molecule has 0 bridgehead atoms. The smallest absolute Gasteiger partial charge is 0.327 e. The Morgan fingerprint density at radius 1 is 1.47 bits per heavy atom. The molecule has 0 saturated carbocycles. The molecule has 0 aliphatic carbocycles. The molecule has 0 aromatic carbocycles. The molecule has 2 atom stereocenters. The van der Waals surface area contributed by atoms with E-state index in [-0.39, 0.29) is 25.9 Å². The second-order valence-electron chi connectivity index (χ2n) is 3.18. The lowest BCUT2D eigenvalue weighted by Crippen LogP contribution is -2.25. The van der Waals surface area contributed by atoms with E-state index in [1.807, 2.05) is 6.92 Å². The topological polar surface area (TPSA) is 96.2 Å². The minimum Gasteiger partial charge on any atom is -0.478 e. The van der Waals surface area contributed by atoms with E-state index in [4.69, 9.17) is 19.7 Å². The van der Waals surface area contributed by atoms with Crippen molar-refractivity contribution in [1.82, 2.24) is 0 Å². The molecule has 0 aliphatic heterocycles. The third-order valence-corrected chi connectivity index (χ3v) is 1.52. The van der Waals surface area contributed by atoms with Crippen LogP contribution in [0.15, 0.2) is 12.7 Å². The number of rotatable bonds is 8. The van der Waals surface area contributed by atoms with E-state index in [1.54, 1.807) is 6.92 Å². The maximum Gasteiger partial charge on any atom is 0.327 e. The average molecular weight is 250 g/mol. The molecule has 0 rings (SSSR count). The van der Waals surface area contributed by atoms with Gasteiger partial charge in [0, 0.05) is 12.7 Å². The summed E-state index contributed by atoms with van der Waals surface area (Å²) in [4.78, 5) is 9.25. The number of aliphatic hydroxyl groups excluding tert-OH is 2. The van der Waals surface area contributed by atoms with Gasteiger partial charge in [0.25, 0.3) is 0 Å². The minimum atomic E-state index is -0.981. The molecule has 0 aliphatic rings. The Bertz CT molecular complexity index is 194. The minimum absolute atomic E-state index is 0.0264. The lowest BCUT2D eigenvalue weighted by molar-refractivity contribution is -0.131. The Hall–Kier alpha value is -0.950. The summed E-state index contributed by atoms with van der Waals surface area (Å²) in [6.07, 6.45) is 0.0141. The molecule has 0 radical (unpaired) electrons. The number of carbonyl (C=O) groups is 1. The summed E-state index contributed by atoms with van der Waals surface area (Å²) in [6, 6.07) is 0. The van der Waals surface area contributed by atoms with Gasteiger partial charge in [0.15, 0.2) is 0 Å². The van der Waals surface area contributed by atoms with Crippen LogP contribution in [0.25, 0.3) is 0 Å². The van der Waals surface area contributed by atoms with Crippen molar-refractivity contribution < 1.29 is 29.6 Å². The van der Waals surface area contributed by atoms with Crippen LogP contribution in [0.2, 0.25) is 0 Å². The number of aliphatic hydroxyl groups is 2. The molecule has 0 amide bonds. The maximum absolute atomic E-state index is 9.25. The molecule has 0 aromatic heterocycles. The predicted octanol–water partition coefficient (Wildman–Crippen LogP) is 0.0382. The largest absolute Gasteiger partial charge is 0.478 e. The fourth-order valence-corrected chi connectivity index (χ4v) is 0.630. The highest BCUT2D eigenvalue weighted by molar-refractivity contribution is 5.78. The van der Waals surface area contributed by atoms with Crippen LogP contribution in [-0.2, 0) is 14.3 Å². The Labute approximate surface area is 101 Å². The summed E-state index contributed by atoms with van der Waals surface area (Å²) in [5, 5.41) is 25.4. The first-order chi connectivity index (χ1) is 7.97. The molecule has 17 heavy (non-hydrogen) atoms. The second kappa shape index (κ2) is 13.1. The van der Waals surface area contributed by atoms with Crippen molar-refractivity contribution in [3.63, 3.8) is 0 Å². The van der Waals surface area contributed by atoms with E-state index in [9.17, 15) is 9.90 Å². The summed E-state index contributed by atoms with van der Waals surface area (Å²) in [6.45, 7) is 7.63. The highest BCUT2D eigenvalue weighted by Crippen LogP contribution is 1.92. The Morgan fingerprint density at radius 3 is 2.35 bits per heavy atom. The van der Waals surface area contributed by atoms with E-state index in [0.717, 1.165) is 6.08 Å².